The molecule has 0 amide bonds. The normalized spacial score (nSPS) is 88.6. The van der Waals surface area contributed by atoms with Gasteiger partial charge in [-0.3, -0.25) is 0 Å². The van der Waals surface area contributed by atoms with Gasteiger partial charge in [0, 0.05) is 4.32 Å². The van der Waals surface area contributed by atoms with Gasteiger partial charge in [0.1, 0.15) is 0 Å². The van der Waals surface area contributed by atoms with E-state index in [1.165, 1.54) is 17.8 Å². The van der Waals surface area contributed by atoms with Crippen molar-refractivity contribution in [2.75, 3.05) is 0 Å². The van der Waals surface area contributed by atoms with Crippen LogP contribution in [0.3, 0.4) is 0 Å². The first-order chi connectivity index (χ1) is 13.0. The molecule has 16 rings (SSSR count). The van der Waals surface area contributed by atoms with E-state index in [-0.39, 0.29) is 0 Å². The Morgan fingerprint density at radius 1 is 0.407 bits per heavy atom. The summed E-state index contributed by atoms with van der Waals surface area (Å²) in [5.74, 6) is 8.11. The number of hydrogen-bond donors (Lipinski definition) is 0. The SMILES string of the molecule is BrC12C34CC5CC67CC8CC9(CC(C3)CC13CC1CC(C8)(C6C2(C5)C1)C93)C74. The molecule has 0 aromatic rings. The van der Waals surface area contributed by atoms with Crippen molar-refractivity contribution >= 4 is 15.9 Å². The number of halogens is 1. The first kappa shape index (κ1) is 13.7. The first-order valence-electron chi connectivity index (χ1n) is 12.7. The van der Waals surface area contributed by atoms with E-state index in [2.05, 4.69) is 0 Å². The molecule has 1 heteroatoms. The van der Waals surface area contributed by atoms with Crippen molar-refractivity contribution in [2.24, 2.45) is 73.9 Å². The largest absolute Gasteiger partial charge is 0.0835 e. The molecule has 0 radical (unpaired) electrons. The van der Waals surface area contributed by atoms with E-state index < -0.39 is 0 Å². The molecular weight excluding hydrogens is 392 g/mol. The zero-order chi connectivity index (χ0) is 17.0. The molecular formula is C26H31Br. The van der Waals surface area contributed by atoms with E-state index in [0.29, 0.717) is 4.32 Å². The van der Waals surface area contributed by atoms with Crippen LogP contribution in [0.1, 0.15) is 77.0 Å². The third-order valence-electron chi connectivity index (χ3n) is 15.1. The Morgan fingerprint density at radius 2 is 0.667 bits per heavy atom. The van der Waals surface area contributed by atoms with E-state index in [4.69, 9.17) is 15.9 Å². The molecule has 0 unspecified atom stereocenters. The molecule has 142 valence electrons. The second-order valence-electron chi connectivity index (χ2n) is 15.0. The quantitative estimate of drug-likeness (QED) is 0.408. The summed E-state index contributed by atoms with van der Waals surface area (Å²) in [6.07, 6.45) is 20.3. The van der Waals surface area contributed by atoms with Gasteiger partial charge in [0.2, 0.25) is 0 Å². The van der Waals surface area contributed by atoms with Crippen molar-refractivity contribution in [3.8, 4) is 0 Å². The minimum atomic E-state index is 0.603. The van der Waals surface area contributed by atoms with Crippen LogP contribution in [-0.2, 0) is 0 Å². The number of rotatable bonds is 0. The average Bonchev–Trinajstić information content (AvgIpc) is 2.53. The molecule has 0 N–H and O–H groups in total. The highest BCUT2D eigenvalue weighted by molar-refractivity contribution is 9.10. The Morgan fingerprint density at radius 3 is 0.963 bits per heavy atom. The summed E-state index contributed by atoms with van der Waals surface area (Å²) in [6, 6.07) is 0. The lowest BCUT2D eigenvalue weighted by molar-refractivity contribution is -0.537. The topological polar surface area (TPSA) is 0 Å². The highest BCUT2D eigenvalue weighted by atomic mass is 79.9. The number of alkyl halides is 1. The Kier molecular flexibility index (Phi) is 1.53. The highest BCUT2D eigenvalue weighted by Crippen LogP contribution is 3.07. The number of hydrogen-bond acceptors (Lipinski definition) is 0. The van der Waals surface area contributed by atoms with E-state index in [1.807, 2.05) is 0 Å². The van der Waals surface area contributed by atoms with Crippen LogP contribution in [0.2, 0.25) is 0 Å². The van der Waals surface area contributed by atoms with E-state index in [1.54, 1.807) is 77.0 Å². The Hall–Kier alpha value is 0.480. The predicted octanol–water partition coefficient (Wildman–Crippen LogP) is 6.18. The van der Waals surface area contributed by atoms with Gasteiger partial charge < -0.3 is 0 Å². The van der Waals surface area contributed by atoms with Crippen LogP contribution in [-0.4, -0.2) is 4.32 Å². The molecule has 14 bridgehead atoms. The summed E-state index contributed by atoms with van der Waals surface area (Å²) in [6.45, 7) is 0. The summed E-state index contributed by atoms with van der Waals surface area (Å²) in [5, 5.41) is 0. The fourth-order valence-electron chi connectivity index (χ4n) is 18.2. The van der Waals surface area contributed by atoms with Gasteiger partial charge in [-0.25, -0.2) is 0 Å². The van der Waals surface area contributed by atoms with Gasteiger partial charge >= 0.3 is 0 Å². The molecule has 16 fully saturated rings. The van der Waals surface area contributed by atoms with Crippen LogP contribution in [0.15, 0.2) is 0 Å². The van der Waals surface area contributed by atoms with Gasteiger partial charge in [-0.2, -0.15) is 0 Å². The zero-order valence-electron chi connectivity index (χ0n) is 16.4. The molecule has 0 aliphatic heterocycles. The minimum Gasteiger partial charge on any atom is -0.0835 e. The minimum absolute atomic E-state index is 0.603. The second kappa shape index (κ2) is 3.02. The molecule has 0 atom stereocenters. The van der Waals surface area contributed by atoms with Crippen LogP contribution in [0.25, 0.3) is 0 Å². The summed E-state index contributed by atoms with van der Waals surface area (Å²) in [4.78, 5) is 0. The maximum atomic E-state index is 4.95. The molecule has 0 saturated heterocycles. The van der Waals surface area contributed by atoms with Crippen LogP contribution < -0.4 is 0 Å². The van der Waals surface area contributed by atoms with Crippen LogP contribution >= 0.6 is 15.9 Å². The van der Waals surface area contributed by atoms with Crippen LogP contribution in [0.5, 0.6) is 0 Å². The van der Waals surface area contributed by atoms with Crippen molar-refractivity contribution in [2.45, 2.75) is 81.4 Å². The lowest BCUT2D eigenvalue weighted by Gasteiger charge is -3.04. The molecule has 16 aliphatic rings. The third kappa shape index (κ3) is 0.793. The molecule has 16 saturated carbocycles. The van der Waals surface area contributed by atoms with E-state index >= 15 is 0 Å². The molecule has 0 nitrogen and oxygen atoms in total. The first-order valence-corrected chi connectivity index (χ1v) is 13.5. The van der Waals surface area contributed by atoms with E-state index in [9.17, 15) is 0 Å². The van der Waals surface area contributed by atoms with Gasteiger partial charge in [-0.15, -0.1) is 0 Å². The lowest BCUT2D eigenvalue weighted by atomic mass is 9.01. The van der Waals surface area contributed by atoms with E-state index in [0.717, 1.165) is 56.2 Å². The van der Waals surface area contributed by atoms with Crippen molar-refractivity contribution < 1.29 is 0 Å². The monoisotopic (exact) mass is 422 g/mol. The van der Waals surface area contributed by atoms with Crippen molar-refractivity contribution in [1.82, 2.24) is 0 Å². The predicted molar refractivity (Wildman–Crippen MR) is 106 cm³/mol. The molecule has 0 aromatic carbocycles. The molecule has 0 aromatic heterocycles. The Balaban J connectivity index is 1.43. The average molecular weight is 423 g/mol. The van der Waals surface area contributed by atoms with Crippen molar-refractivity contribution in [3.05, 3.63) is 0 Å². The Bertz CT molecular complexity index is 768. The fourth-order valence-corrected chi connectivity index (χ4v) is 19.9. The molecule has 27 heavy (non-hydrogen) atoms. The van der Waals surface area contributed by atoms with Gasteiger partial charge in [-0.1, -0.05) is 15.9 Å². The third-order valence-corrected chi connectivity index (χ3v) is 17.5. The van der Waals surface area contributed by atoms with Crippen LogP contribution in [0, 0.1) is 73.9 Å². The maximum Gasteiger partial charge on any atom is 0.0436 e. The van der Waals surface area contributed by atoms with Crippen molar-refractivity contribution in [1.29, 1.82) is 0 Å². The summed E-state index contributed by atoms with van der Waals surface area (Å²) in [7, 11) is 0. The summed E-state index contributed by atoms with van der Waals surface area (Å²) in [5.41, 5.74) is 4.85. The molecule has 0 heterocycles. The summed E-state index contributed by atoms with van der Waals surface area (Å²) < 4.78 is 0.603. The standard InChI is InChI=1S/C26H31Br/c27-26-23-7-14-4-20-1-13-2-21(17(20)23)5-15(9-23)11-25(26)12-16-6-22(3-13,19(21)25)18(20)24(26,8-14)10-16/h13-19H,1-12H2. The molecule has 6 spiro atoms. The maximum absolute atomic E-state index is 4.95. The Labute approximate surface area is 171 Å². The molecule has 16 aliphatic carbocycles. The zero-order valence-corrected chi connectivity index (χ0v) is 18.0. The van der Waals surface area contributed by atoms with Crippen molar-refractivity contribution in [3.63, 3.8) is 0 Å². The summed E-state index contributed by atoms with van der Waals surface area (Å²) >= 11 is 4.95. The fraction of sp³-hybridized carbons (Fsp3) is 1.00. The van der Waals surface area contributed by atoms with Crippen LogP contribution in [0.4, 0.5) is 0 Å². The van der Waals surface area contributed by atoms with Gasteiger partial charge in [-0.05, 0) is 151 Å². The van der Waals surface area contributed by atoms with Gasteiger partial charge in [0.25, 0.3) is 0 Å². The second-order valence-corrected chi connectivity index (χ2v) is 16.2. The van der Waals surface area contributed by atoms with Gasteiger partial charge in [0.05, 0.1) is 0 Å². The van der Waals surface area contributed by atoms with Gasteiger partial charge in [0.15, 0.2) is 0 Å². The smallest absolute Gasteiger partial charge is 0.0436 e. The lowest BCUT2D eigenvalue weighted by Crippen LogP contribution is -3.01. The highest BCUT2D eigenvalue weighted by Gasteiger charge is 3.03.